The van der Waals surface area contributed by atoms with Crippen LogP contribution in [-0.2, 0) is 9.53 Å². The van der Waals surface area contributed by atoms with Gasteiger partial charge in [-0.25, -0.2) is 9.48 Å². The largest absolute Gasteiger partial charge is 0.444 e. The molecule has 1 aromatic carbocycles. The molecule has 2 N–H and O–H groups in total. The van der Waals surface area contributed by atoms with Crippen molar-refractivity contribution in [3.05, 3.63) is 72.7 Å². The maximum absolute atomic E-state index is 12.6. The van der Waals surface area contributed by atoms with Crippen LogP contribution < -0.4 is 10.6 Å². The molecular formula is C26H31N5O3. The van der Waals surface area contributed by atoms with E-state index in [1.54, 1.807) is 43.9 Å². The molecule has 0 atom stereocenters. The fraction of sp³-hybridized carbons (Fsp3) is 0.308. The van der Waals surface area contributed by atoms with Crippen molar-refractivity contribution >= 4 is 18.1 Å². The molecule has 34 heavy (non-hydrogen) atoms. The van der Waals surface area contributed by atoms with Gasteiger partial charge in [0.05, 0.1) is 11.2 Å². The summed E-state index contributed by atoms with van der Waals surface area (Å²) in [5.41, 5.74) is 1.98. The van der Waals surface area contributed by atoms with Gasteiger partial charge in [-0.1, -0.05) is 18.2 Å². The predicted octanol–water partition coefficient (Wildman–Crippen LogP) is 4.37. The Hall–Kier alpha value is -3.94. The van der Waals surface area contributed by atoms with Crippen molar-refractivity contribution in [3.63, 3.8) is 0 Å². The third-order valence-electron chi connectivity index (χ3n) is 4.65. The maximum atomic E-state index is 12.6. The Bertz CT molecular complexity index is 1150. The summed E-state index contributed by atoms with van der Waals surface area (Å²) in [6.07, 6.45) is 7.97. The molecule has 0 radical (unpaired) electrons. The number of rotatable bonds is 7. The molecule has 2 amide bonds. The second-order valence-corrected chi connectivity index (χ2v) is 9.52. The summed E-state index contributed by atoms with van der Waals surface area (Å²) < 4.78 is 7.02. The molecule has 0 saturated carbocycles. The van der Waals surface area contributed by atoms with Gasteiger partial charge in [-0.3, -0.25) is 9.78 Å². The Morgan fingerprint density at radius 3 is 2.44 bits per heavy atom. The van der Waals surface area contributed by atoms with E-state index in [2.05, 4.69) is 15.6 Å². The van der Waals surface area contributed by atoms with Crippen LogP contribution in [0, 0.1) is 0 Å². The highest BCUT2D eigenvalue weighted by molar-refractivity contribution is 5.93. The lowest BCUT2D eigenvalue weighted by Gasteiger charge is -2.27. The number of para-hydroxylation sites is 1. The lowest BCUT2D eigenvalue weighted by molar-refractivity contribution is -0.117. The second kappa shape index (κ2) is 10.3. The quantitative estimate of drug-likeness (QED) is 0.509. The number of amides is 2. The second-order valence-electron chi connectivity index (χ2n) is 9.52. The van der Waals surface area contributed by atoms with E-state index in [-0.39, 0.29) is 12.5 Å². The summed E-state index contributed by atoms with van der Waals surface area (Å²) in [4.78, 5) is 28.8. The fourth-order valence-corrected chi connectivity index (χ4v) is 3.14. The summed E-state index contributed by atoms with van der Waals surface area (Å²) >= 11 is 0. The van der Waals surface area contributed by atoms with E-state index in [1.165, 1.54) is 6.08 Å². The molecule has 8 heteroatoms. The number of benzene rings is 1. The molecule has 0 spiro atoms. The van der Waals surface area contributed by atoms with Crippen molar-refractivity contribution in [1.82, 2.24) is 25.4 Å². The molecule has 2 aromatic heterocycles. The highest BCUT2D eigenvalue weighted by Crippen LogP contribution is 2.24. The average molecular weight is 462 g/mol. The van der Waals surface area contributed by atoms with Crippen LogP contribution in [0.15, 0.2) is 67.1 Å². The van der Waals surface area contributed by atoms with Crippen LogP contribution in [-0.4, -0.2) is 44.4 Å². The van der Waals surface area contributed by atoms with E-state index >= 15 is 0 Å². The van der Waals surface area contributed by atoms with E-state index in [1.807, 2.05) is 62.5 Å². The molecule has 3 aromatic rings. The molecule has 2 heterocycles. The van der Waals surface area contributed by atoms with Crippen LogP contribution in [0.2, 0.25) is 0 Å². The molecule has 8 nitrogen and oxygen atoms in total. The number of nitrogens with one attached hydrogen (secondary N) is 2. The zero-order valence-electron chi connectivity index (χ0n) is 20.2. The summed E-state index contributed by atoms with van der Waals surface area (Å²) in [6, 6.07) is 13.5. The minimum absolute atomic E-state index is 0.217. The number of hydrogen-bond acceptors (Lipinski definition) is 5. The Kier molecular flexibility index (Phi) is 7.50. The first-order valence-corrected chi connectivity index (χ1v) is 11.0. The van der Waals surface area contributed by atoms with E-state index in [9.17, 15) is 9.59 Å². The first kappa shape index (κ1) is 24.7. The van der Waals surface area contributed by atoms with Crippen LogP contribution in [0.5, 0.6) is 0 Å². The third-order valence-corrected chi connectivity index (χ3v) is 4.65. The van der Waals surface area contributed by atoms with Gasteiger partial charge in [0.2, 0.25) is 5.91 Å². The maximum Gasteiger partial charge on any atom is 0.407 e. The summed E-state index contributed by atoms with van der Waals surface area (Å²) in [5.74, 6) is -0.291. The number of aromatic nitrogens is 3. The van der Waals surface area contributed by atoms with Crippen molar-refractivity contribution in [2.75, 3.05) is 6.54 Å². The number of hydrogen-bond donors (Lipinski definition) is 2. The lowest BCUT2D eigenvalue weighted by Crippen LogP contribution is -2.51. The first-order valence-electron chi connectivity index (χ1n) is 11.0. The number of carbonyl (C=O) groups excluding carboxylic acids is 2. The standard InChI is InChI=1S/C26H31N5O3/c1-25(2,3)34-24(33)28-18-26(4,5)29-22(32)14-13-20-17-31(21-11-7-6-8-12-21)30-23(20)19-10-9-15-27-16-19/h6-17H,18H2,1-5H3,(H,28,33)(H,29,32)/b14-13+. The van der Waals surface area contributed by atoms with Crippen molar-refractivity contribution < 1.29 is 14.3 Å². The van der Waals surface area contributed by atoms with E-state index in [0.717, 1.165) is 16.8 Å². The summed E-state index contributed by atoms with van der Waals surface area (Å²) in [5, 5.41) is 10.3. The fourth-order valence-electron chi connectivity index (χ4n) is 3.14. The Balaban J connectivity index is 1.73. The minimum Gasteiger partial charge on any atom is -0.444 e. The Labute approximate surface area is 200 Å². The average Bonchev–Trinajstić information content (AvgIpc) is 3.21. The molecule has 0 unspecified atom stereocenters. The van der Waals surface area contributed by atoms with Gasteiger partial charge in [-0.2, -0.15) is 5.10 Å². The van der Waals surface area contributed by atoms with Crippen molar-refractivity contribution in [1.29, 1.82) is 0 Å². The smallest absolute Gasteiger partial charge is 0.407 e. The van der Waals surface area contributed by atoms with Gasteiger partial charge in [0.1, 0.15) is 11.3 Å². The van der Waals surface area contributed by atoms with Gasteiger partial charge in [-0.15, -0.1) is 0 Å². The van der Waals surface area contributed by atoms with Crippen LogP contribution in [0.4, 0.5) is 4.79 Å². The zero-order chi connectivity index (χ0) is 24.8. The van der Waals surface area contributed by atoms with Crippen molar-refractivity contribution in [2.45, 2.75) is 45.8 Å². The summed E-state index contributed by atoms with van der Waals surface area (Å²) in [6.45, 7) is 9.25. The molecule has 0 aliphatic heterocycles. The van der Waals surface area contributed by atoms with Gasteiger partial charge < -0.3 is 15.4 Å². The number of pyridine rings is 1. The highest BCUT2D eigenvalue weighted by Gasteiger charge is 2.23. The normalized spacial score (nSPS) is 11.9. The zero-order valence-corrected chi connectivity index (χ0v) is 20.2. The molecular weight excluding hydrogens is 430 g/mol. The van der Waals surface area contributed by atoms with Gasteiger partial charge in [0.15, 0.2) is 0 Å². The monoisotopic (exact) mass is 461 g/mol. The number of ether oxygens (including phenoxy) is 1. The lowest BCUT2D eigenvalue weighted by atomic mass is 10.1. The molecule has 0 saturated heterocycles. The predicted molar refractivity (Wildman–Crippen MR) is 132 cm³/mol. The van der Waals surface area contributed by atoms with Gasteiger partial charge in [0, 0.05) is 42.3 Å². The molecule has 0 aliphatic rings. The van der Waals surface area contributed by atoms with Crippen molar-refractivity contribution in [3.8, 4) is 16.9 Å². The molecule has 3 rings (SSSR count). The number of alkyl carbamates (subject to hydrolysis) is 1. The topological polar surface area (TPSA) is 98.1 Å². The van der Waals surface area contributed by atoms with Crippen molar-refractivity contribution in [2.24, 2.45) is 0 Å². The van der Waals surface area contributed by atoms with Crippen LogP contribution in [0.25, 0.3) is 23.0 Å². The van der Waals surface area contributed by atoms with Crippen LogP contribution >= 0.6 is 0 Å². The minimum atomic E-state index is -0.682. The van der Waals surface area contributed by atoms with E-state index in [0.29, 0.717) is 5.69 Å². The number of carbonyl (C=O) groups is 2. The SMILES string of the molecule is CC(C)(CNC(=O)OC(C)(C)C)NC(=O)/C=C/c1cn(-c2ccccc2)nc1-c1cccnc1. The molecule has 0 bridgehead atoms. The molecule has 178 valence electrons. The van der Waals surface area contributed by atoms with Crippen LogP contribution in [0.3, 0.4) is 0 Å². The highest BCUT2D eigenvalue weighted by atomic mass is 16.6. The summed E-state index contributed by atoms with van der Waals surface area (Å²) in [7, 11) is 0. The molecule has 0 fully saturated rings. The van der Waals surface area contributed by atoms with Gasteiger partial charge in [0.25, 0.3) is 0 Å². The Morgan fingerprint density at radius 2 is 1.79 bits per heavy atom. The molecule has 0 aliphatic carbocycles. The number of nitrogens with zero attached hydrogens (tertiary/aromatic N) is 3. The van der Waals surface area contributed by atoms with Gasteiger partial charge in [-0.05, 0) is 65.0 Å². The van der Waals surface area contributed by atoms with E-state index in [4.69, 9.17) is 9.84 Å². The Morgan fingerprint density at radius 1 is 1.06 bits per heavy atom. The van der Waals surface area contributed by atoms with Gasteiger partial charge >= 0.3 is 6.09 Å². The third kappa shape index (κ3) is 7.30. The van der Waals surface area contributed by atoms with Crippen LogP contribution in [0.1, 0.15) is 40.2 Å². The first-order chi connectivity index (χ1) is 16.0. The van der Waals surface area contributed by atoms with E-state index < -0.39 is 17.2 Å².